The van der Waals surface area contributed by atoms with Crippen molar-refractivity contribution in [2.24, 2.45) is 5.41 Å². The van der Waals surface area contributed by atoms with Gasteiger partial charge in [0.05, 0.1) is 11.1 Å². The molecule has 27 heavy (non-hydrogen) atoms. The smallest absolute Gasteiger partial charge is 0.323 e. The molecular weight excluding hydrogens is 348 g/mol. The first-order valence-corrected chi connectivity index (χ1v) is 8.77. The molecular formula is C18H24N6O3. The Balaban J connectivity index is 1.87. The summed E-state index contributed by atoms with van der Waals surface area (Å²) in [5.74, 6) is -0.101. The van der Waals surface area contributed by atoms with Crippen molar-refractivity contribution in [3.05, 3.63) is 30.2 Å². The minimum atomic E-state index is -0.920. The van der Waals surface area contributed by atoms with Crippen LogP contribution in [0.4, 0.5) is 10.6 Å². The number of anilines is 1. The van der Waals surface area contributed by atoms with E-state index < -0.39 is 11.4 Å². The first kappa shape index (κ1) is 18.8. The van der Waals surface area contributed by atoms with Crippen molar-refractivity contribution in [2.75, 3.05) is 18.4 Å². The number of rotatable bonds is 3. The van der Waals surface area contributed by atoms with Crippen LogP contribution in [0.25, 0.3) is 5.95 Å². The maximum absolute atomic E-state index is 12.7. The highest BCUT2D eigenvalue weighted by Crippen LogP contribution is 2.31. The summed E-state index contributed by atoms with van der Waals surface area (Å²) in [7, 11) is 0. The third kappa shape index (κ3) is 3.76. The molecule has 1 aliphatic rings. The molecule has 0 aromatic carbocycles. The first-order chi connectivity index (χ1) is 12.6. The highest BCUT2D eigenvalue weighted by molar-refractivity contribution is 5.90. The molecule has 1 atom stereocenters. The third-order valence-electron chi connectivity index (χ3n) is 4.73. The lowest BCUT2D eigenvalue weighted by Crippen LogP contribution is -2.37. The van der Waals surface area contributed by atoms with Crippen LogP contribution in [0.1, 0.15) is 39.8 Å². The topological polar surface area (TPSA) is 113 Å². The lowest BCUT2D eigenvalue weighted by Gasteiger charge is -2.20. The number of carbonyl (C=O) groups excluding carboxylic acids is 1. The van der Waals surface area contributed by atoms with Crippen LogP contribution < -0.4 is 5.32 Å². The summed E-state index contributed by atoms with van der Waals surface area (Å²) in [4.78, 5) is 34.0. The Morgan fingerprint density at radius 3 is 2.48 bits per heavy atom. The van der Waals surface area contributed by atoms with Crippen molar-refractivity contribution in [2.45, 2.75) is 39.5 Å². The van der Waals surface area contributed by atoms with Crippen molar-refractivity contribution in [3.63, 3.8) is 0 Å². The molecule has 1 aliphatic heterocycles. The second kappa shape index (κ2) is 6.64. The van der Waals surface area contributed by atoms with E-state index in [1.54, 1.807) is 31.5 Å². The highest BCUT2D eigenvalue weighted by Gasteiger charge is 2.42. The SMILES string of the molecule is CC1(C(=O)O)CCN(C(=O)Nc2cc(C(C)(C)C)nn2-c2ncccn2)C1. The number of nitrogens with one attached hydrogen (secondary N) is 1. The van der Waals surface area contributed by atoms with Crippen molar-refractivity contribution in [1.82, 2.24) is 24.6 Å². The second-order valence-electron chi connectivity index (χ2n) is 8.09. The fourth-order valence-electron chi connectivity index (χ4n) is 2.89. The molecule has 2 N–H and O–H groups in total. The van der Waals surface area contributed by atoms with E-state index in [-0.39, 0.29) is 18.0 Å². The van der Waals surface area contributed by atoms with E-state index in [9.17, 15) is 14.7 Å². The zero-order valence-electron chi connectivity index (χ0n) is 15.9. The molecule has 3 rings (SSSR count). The molecule has 2 amide bonds. The molecule has 3 heterocycles. The summed E-state index contributed by atoms with van der Waals surface area (Å²) in [6.07, 6.45) is 3.63. The Morgan fingerprint density at radius 2 is 1.93 bits per heavy atom. The number of carboxylic acid groups (broad SMARTS) is 1. The van der Waals surface area contributed by atoms with Gasteiger partial charge >= 0.3 is 12.0 Å². The van der Waals surface area contributed by atoms with Gasteiger partial charge in [0, 0.05) is 37.0 Å². The van der Waals surface area contributed by atoms with E-state index in [0.29, 0.717) is 24.7 Å². The predicted octanol–water partition coefficient (Wildman–Crippen LogP) is 2.29. The van der Waals surface area contributed by atoms with Crippen LogP contribution in [0, 0.1) is 5.41 Å². The van der Waals surface area contributed by atoms with Gasteiger partial charge in [0.1, 0.15) is 5.82 Å². The number of amides is 2. The van der Waals surface area contributed by atoms with Gasteiger partial charge in [0.2, 0.25) is 0 Å². The van der Waals surface area contributed by atoms with Gasteiger partial charge in [0.25, 0.3) is 5.95 Å². The largest absolute Gasteiger partial charge is 0.481 e. The summed E-state index contributed by atoms with van der Waals surface area (Å²) < 4.78 is 1.49. The van der Waals surface area contributed by atoms with Crippen LogP contribution in [-0.4, -0.2) is 54.8 Å². The lowest BCUT2D eigenvalue weighted by molar-refractivity contribution is -0.146. The maximum Gasteiger partial charge on any atom is 0.323 e. The maximum atomic E-state index is 12.7. The van der Waals surface area contributed by atoms with Gasteiger partial charge < -0.3 is 10.0 Å². The number of aliphatic carboxylic acids is 1. The van der Waals surface area contributed by atoms with Gasteiger partial charge in [-0.25, -0.2) is 14.8 Å². The standard InChI is InChI=1S/C18H24N6O3/c1-17(2,3)12-10-13(24(22-12)15-19-7-5-8-20-15)21-16(27)23-9-6-18(4,11-23)14(25)26/h5,7-8,10H,6,9,11H2,1-4H3,(H,21,27)(H,25,26). The van der Waals surface area contributed by atoms with Gasteiger partial charge in [-0.3, -0.25) is 10.1 Å². The average molecular weight is 372 g/mol. The number of hydrogen-bond donors (Lipinski definition) is 2. The summed E-state index contributed by atoms with van der Waals surface area (Å²) in [5.41, 5.74) is -0.367. The molecule has 9 nitrogen and oxygen atoms in total. The number of carboxylic acids is 1. The molecule has 9 heteroatoms. The van der Waals surface area contributed by atoms with E-state index >= 15 is 0 Å². The van der Waals surface area contributed by atoms with Gasteiger partial charge in [-0.05, 0) is 19.4 Å². The summed E-state index contributed by atoms with van der Waals surface area (Å²) in [6.45, 7) is 8.27. The summed E-state index contributed by atoms with van der Waals surface area (Å²) in [6, 6.07) is 3.13. The molecule has 0 radical (unpaired) electrons. The Hall–Kier alpha value is -2.97. The quantitative estimate of drug-likeness (QED) is 0.855. The number of nitrogens with zero attached hydrogens (tertiary/aromatic N) is 5. The molecule has 2 aromatic rings. The molecule has 1 unspecified atom stereocenters. The van der Waals surface area contributed by atoms with Gasteiger partial charge in [-0.15, -0.1) is 0 Å². The second-order valence-corrected chi connectivity index (χ2v) is 8.09. The minimum absolute atomic E-state index is 0.163. The number of likely N-dealkylation sites (tertiary alicyclic amines) is 1. The molecule has 1 saturated heterocycles. The minimum Gasteiger partial charge on any atom is -0.481 e. The molecule has 0 saturated carbocycles. The molecule has 1 fully saturated rings. The fourth-order valence-corrected chi connectivity index (χ4v) is 2.89. The van der Waals surface area contributed by atoms with Gasteiger partial charge in [-0.1, -0.05) is 20.8 Å². The van der Waals surface area contributed by atoms with Crippen LogP contribution in [0.3, 0.4) is 0 Å². The van der Waals surface area contributed by atoms with Crippen molar-refractivity contribution in [3.8, 4) is 5.95 Å². The van der Waals surface area contributed by atoms with Crippen molar-refractivity contribution in [1.29, 1.82) is 0 Å². The monoisotopic (exact) mass is 372 g/mol. The Labute approximate surface area is 157 Å². The van der Waals surface area contributed by atoms with Crippen LogP contribution in [0.5, 0.6) is 0 Å². The van der Waals surface area contributed by atoms with Crippen LogP contribution in [-0.2, 0) is 10.2 Å². The summed E-state index contributed by atoms with van der Waals surface area (Å²) in [5, 5.41) is 16.7. The number of hydrogen-bond acceptors (Lipinski definition) is 5. The Kier molecular flexibility index (Phi) is 4.63. The molecule has 0 bridgehead atoms. The first-order valence-electron chi connectivity index (χ1n) is 8.77. The van der Waals surface area contributed by atoms with Crippen molar-refractivity contribution < 1.29 is 14.7 Å². The van der Waals surface area contributed by atoms with E-state index in [0.717, 1.165) is 5.69 Å². The molecule has 144 valence electrons. The third-order valence-corrected chi connectivity index (χ3v) is 4.73. The Bertz CT molecular complexity index is 858. The molecule has 2 aromatic heterocycles. The van der Waals surface area contributed by atoms with E-state index in [1.807, 2.05) is 20.8 Å². The normalized spacial score (nSPS) is 19.9. The number of carbonyl (C=O) groups is 2. The zero-order chi connectivity index (χ0) is 19.8. The van der Waals surface area contributed by atoms with E-state index in [1.165, 1.54) is 9.58 Å². The lowest BCUT2D eigenvalue weighted by atomic mass is 9.90. The number of urea groups is 1. The van der Waals surface area contributed by atoms with Gasteiger partial charge in [-0.2, -0.15) is 9.78 Å². The average Bonchev–Trinajstić information content (AvgIpc) is 3.20. The molecule has 0 aliphatic carbocycles. The highest BCUT2D eigenvalue weighted by atomic mass is 16.4. The Morgan fingerprint density at radius 1 is 1.26 bits per heavy atom. The zero-order valence-corrected chi connectivity index (χ0v) is 15.9. The van der Waals surface area contributed by atoms with Crippen LogP contribution in [0.2, 0.25) is 0 Å². The number of aromatic nitrogens is 4. The fraction of sp³-hybridized carbons (Fsp3) is 0.500. The van der Waals surface area contributed by atoms with Crippen molar-refractivity contribution >= 4 is 17.8 Å². The summed E-state index contributed by atoms with van der Waals surface area (Å²) >= 11 is 0. The van der Waals surface area contributed by atoms with E-state index in [2.05, 4.69) is 20.4 Å². The predicted molar refractivity (Wildman–Crippen MR) is 98.8 cm³/mol. The van der Waals surface area contributed by atoms with Crippen LogP contribution >= 0.6 is 0 Å². The van der Waals surface area contributed by atoms with Crippen LogP contribution in [0.15, 0.2) is 24.5 Å². The van der Waals surface area contributed by atoms with E-state index in [4.69, 9.17) is 0 Å². The molecule has 0 spiro atoms. The van der Waals surface area contributed by atoms with Gasteiger partial charge in [0.15, 0.2) is 0 Å².